The molecule has 1 rings (SSSR count). The highest BCUT2D eigenvalue weighted by atomic mass is 16.5. The van der Waals surface area contributed by atoms with E-state index in [2.05, 4.69) is 19.9 Å². The predicted molar refractivity (Wildman–Crippen MR) is 66.0 cm³/mol. The van der Waals surface area contributed by atoms with Gasteiger partial charge in [0.15, 0.2) is 0 Å². The van der Waals surface area contributed by atoms with E-state index in [1.165, 1.54) is 25.7 Å². The Morgan fingerprint density at radius 2 is 2.06 bits per heavy atom. The van der Waals surface area contributed by atoms with Crippen molar-refractivity contribution >= 4 is 0 Å². The first-order chi connectivity index (χ1) is 7.81. The van der Waals surface area contributed by atoms with E-state index in [4.69, 9.17) is 10.00 Å². The fraction of sp³-hybridized carbons (Fsp3) is 0.929. The quantitative estimate of drug-likeness (QED) is 0.639. The molecule has 0 N–H and O–H groups in total. The van der Waals surface area contributed by atoms with Gasteiger partial charge in [-0.2, -0.15) is 5.26 Å². The van der Waals surface area contributed by atoms with Gasteiger partial charge < -0.3 is 4.74 Å². The van der Waals surface area contributed by atoms with Crippen LogP contribution in [0.15, 0.2) is 0 Å². The monoisotopic (exact) mass is 223 g/mol. The molecule has 0 aromatic heterocycles. The summed E-state index contributed by atoms with van der Waals surface area (Å²) in [6.45, 7) is 5.28. The van der Waals surface area contributed by atoms with Crippen LogP contribution in [-0.2, 0) is 4.74 Å². The Morgan fingerprint density at radius 1 is 1.25 bits per heavy atom. The summed E-state index contributed by atoms with van der Waals surface area (Å²) in [4.78, 5) is 0. The number of hydrogen-bond acceptors (Lipinski definition) is 2. The molecule has 3 unspecified atom stereocenters. The van der Waals surface area contributed by atoms with Crippen molar-refractivity contribution in [3.05, 3.63) is 0 Å². The molecule has 0 heterocycles. The second kappa shape index (κ2) is 7.68. The second-order valence-electron chi connectivity index (χ2n) is 4.94. The van der Waals surface area contributed by atoms with Crippen molar-refractivity contribution in [2.75, 3.05) is 6.61 Å². The van der Waals surface area contributed by atoms with Crippen LogP contribution in [0.25, 0.3) is 0 Å². The van der Waals surface area contributed by atoms with E-state index in [1.807, 2.05) is 0 Å². The van der Waals surface area contributed by atoms with Gasteiger partial charge in [0.25, 0.3) is 0 Å². The maximum absolute atomic E-state index is 9.09. The minimum absolute atomic E-state index is 0.143. The molecule has 1 fully saturated rings. The number of rotatable bonds is 6. The summed E-state index contributed by atoms with van der Waals surface area (Å²) < 4.78 is 5.90. The molecular formula is C14H25NO. The van der Waals surface area contributed by atoms with E-state index in [9.17, 15) is 0 Å². The highest BCUT2D eigenvalue weighted by Gasteiger charge is 2.30. The largest absolute Gasteiger partial charge is 0.377 e. The smallest absolute Gasteiger partial charge is 0.0735 e. The Morgan fingerprint density at radius 3 is 2.69 bits per heavy atom. The van der Waals surface area contributed by atoms with Gasteiger partial charge in [0.05, 0.1) is 18.1 Å². The van der Waals surface area contributed by atoms with Gasteiger partial charge in [-0.05, 0) is 31.6 Å². The Bertz CT molecular complexity index is 221. The van der Waals surface area contributed by atoms with Gasteiger partial charge in [0, 0.05) is 6.61 Å². The summed E-state index contributed by atoms with van der Waals surface area (Å²) in [5.74, 6) is 0.921. The van der Waals surface area contributed by atoms with Gasteiger partial charge >= 0.3 is 0 Å². The van der Waals surface area contributed by atoms with Gasteiger partial charge in [-0.15, -0.1) is 0 Å². The Labute approximate surface area is 100.0 Å². The molecule has 1 aliphatic rings. The van der Waals surface area contributed by atoms with E-state index in [-0.39, 0.29) is 12.0 Å². The lowest BCUT2D eigenvalue weighted by Crippen LogP contribution is -2.31. The highest BCUT2D eigenvalue weighted by Crippen LogP contribution is 2.32. The summed E-state index contributed by atoms with van der Waals surface area (Å²) in [5.41, 5.74) is 0. The third-order valence-electron chi connectivity index (χ3n) is 3.72. The van der Waals surface area contributed by atoms with Crippen LogP contribution in [0.1, 0.15) is 58.8 Å². The van der Waals surface area contributed by atoms with Gasteiger partial charge in [-0.25, -0.2) is 0 Å². The molecule has 0 aromatic rings. The van der Waals surface area contributed by atoms with E-state index >= 15 is 0 Å². The van der Waals surface area contributed by atoms with Crippen LogP contribution in [0.5, 0.6) is 0 Å². The topological polar surface area (TPSA) is 33.0 Å². The maximum Gasteiger partial charge on any atom is 0.0735 e. The number of hydrogen-bond donors (Lipinski definition) is 0. The van der Waals surface area contributed by atoms with Crippen LogP contribution < -0.4 is 0 Å². The van der Waals surface area contributed by atoms with Crippen molar-refractivity contribution in [3.8, 4) is 6.07 Å². The van der Waals surface area contributed by atoms with E-state index in [1.54, 1.807) is 0 Å². The third kappa shape index (κ3) is 4.14. The normalized spacial score (nSPS) is 29.9. The average Bonchev–Trinajstić information content (AvgIpc) is 2.34. The van der Waals surface area contributed by atoms with Crippen molar-refractivity contribution < 1.29 is 4.74 Å². The van der Waals surface area contributed by atoms with E-state index in [0.29, 0.717) is 0 Å². The molecule has 2 nitrogen and oxygen atoms in total. The van der Waals surface area contributed by atoms with Crippen LogP contribution in [0, 0.1) is 23.2 Å². The molecule has 0 radical (unpaired) electrons. The summed E-state index contributed by atoms with van der Waals surface area (Å²) in [6.07, 6.45) is 8.39. The molecule has 0 bridgehead atoms. The van der Waals surface area contributed by atoms with E-state index < -0.39 is 0 Å². The van der Waals surface area contributed by atoms with Crippen molar-refractivity contribution in [2.45, 2.75) is 64.9 Å². The van der Waals surface area contributed by atoms with Crippen LogP contribution >= 0.6 is 0 Å². The first kappa shape index (κ1) is 13.5. The fourth-order valence-corrected chi connectivity index (χ4v) is 2.50. The molecule has 0 spiro atoms. The zero-order valence-electron chi connectivity index (χ0n) is 10.7. The number of nitriles is 1. The molecular weight excluding hydrogens is 198 g/mol. The summed E-state index contributed by atoms with van der Waals surface area (Å²) in [6, 6.07) is 2.41. The molecule has 1 saturated carbocycles. The first-order valence-electron chi connectivity index (χ1n) is 6.83. The maximum atomic E-state index is 9.09. The number of ether oxygens (including phenoxy) is 1. The van der Waals surface area contributed by atoms with Crippen molar-refractivity contribution in [3.63, 3.8) is 0 Å². The van der Waals surface area contributed by atoms with E-state index in [0.717, 1.165) is 31.8 Å². The minimum atomic E-state index is 0.143. The fourth-order valence-electron chi connectivity index (χ4n) is 2.50. The molecule has 0 amide bonds. The van der Waals surface area contributed by atoms with Gasteiger partial charge in [-0.3, -0.25) is 0 Å². The molecule has 3 atom stereocenters. The zero-order chi connectivity index (χ0) is 11.8. The molecule has 2 heteroatoms. The third-order valence-corrected chi connectivity index (χ3v) is 3.72. The molecule has 0 saturated heterocycles. The Balaban J connectivity index is 2.31. The Hall–Kier alpha value is -0.550. The van der Waals surface area contributed by atoms with Crippen LogP contribution in [0.2, 0.25) is 0 Å². The van der Waals surface area contributed by atoms with Gasteiger partial charge in [0.1, 0.15) is 0 Å². The van der Waals surface area contributed by atoms with Crippen molar-refractivity contribution in [2.24, 2.45) is 11.8 Å². The number of nitrogens with zero attached hydrogens (tertiary/aromatic N) is 1. The summed E-state index contributed by atoms with van der Waals surface area (Å²) in [7, 11) is 0. The lowest BCUT2D eigenvalue weighted by atomic mass is 9.79. The molecule has 0 aliphatic heterocycles. The summed E-state index contributed by atoms with van der Waals surface area (Å²) >= 11 is 0. The summed E-state index contributed by atoms with van der Waals surface area (Å²) in [5, 5.41) is 9.09. The lowest BCUT2D eigenvalue weighted by molar-refractivity contribution is -0.0115. The van der Waals surface area contributed by atoms with Crippen molar-refractivity contribution in [1.29, 1.82) is 5.26 Å². The van der Waals surface area contributed by atoms with Crippen LogP contribution in [0.3, 0.4) is 0 Å². The average molecular weight is 223 g/mol. The first-order valence-corrected chi connectivity index (χ1v) is 6.83. The second-order valence-corrected chi connectivity index (χ2v) is 4.94. The lowest BCUT2D eigenvalue weighted by Gasteiger charge is -2.32. The zero-order valence-corrected chi connectivity index (χ0v) is 10.7. The van der Waals surface area contributed by atoms with Crippen molar-refractivity contribution in [1.82, 2.24) is 0 Å². The molecule has 16 heavy (non-hydrogen) atoms. The van der Waals surface area contributed by atoms with Crippen LogP contribution in [-0.4, -0.2) is 12.7 Å². The number of unbranched alkanes of at least 4 members (excludes halogenated alkanes) is 2. The van der Waals surface area contributed by atoms with Gasteiger partial charge in [0.2, 0.25) is 0 Å². The predicted octanol–water partition coefficient (Wildman–Crippen LogP) is 3.91. The molecule has 1 aliphatic carbocycles. The standard InChI is InChI=1S/C14H25NO/c1-3-5-6-9-16-14-10-12(4-2)7-8-13(14)11-15/h12-14H,3-10H2,1-2H3. The SMILES string of the molecule is CCCCCOC1CC(CC)CCC1C#N. The highest BCUT2D eigenvalue weighted by molar-refractivity contribution is 4.93. The van der Waals surface area contributed by atoms with Gasteiger partial charge in [-0.1, -0.05) is 33.1 Å². The molecule has 0 aromatic carbocycles. The molecule has 92 valence electrons. The van der Waals surface area contributed by atoms with Crippen LogP contribution in [0.4, 0.5) is 0 Å². The Kier molecular flexibility index (Phi) is 6.49. The minimum Gasteiger partial charge on any atom is -0.377 e.